The summed E-state index contributed by atoms with van der Waals surface area (Å²) in [6.45, 7) is -0.0112. The molecule has 1 amide bonds. The molecule has 0 radical (unpaired) electrons. The van der Waals surface area contributed by atoms with Crippen LogP contribution >= 0.6 is 0 Å². The Morgan fingerprint density at radius 2 is 2.00 bits per heavy atom. The Hall–Kier alpha value is -3.34. The smallest absolute Gasteiger partial charge is 0.249 e. The zero-order chi connectivity index (χ0) is 18.8. The molecule has 1 N–H and O–H groups in total. The molecule has 2 aromatic carbocycles. The topological polar surface area (TPSA) is 41.5 Å². The van der Waals surface area contributed by atoms with Crippen molar-refractivity contribution in [2.24, 2.45) is 4.99 Å². The van der Waals surface area contributed by atoms with Gasteiger partial charge in [0.05, 0.1) is 5.36 Å². The molecule has 0 aromatic heterocycles. The molecule has 0 saturated heterocycles. The van der Waals surface area contributed by atoms with E-state index < -0.39 is 11.6 Å². The molecule has 0 spiro atoms. The summed E-state index contributed by atoms with van der Waals surface area (Å²) in [5.41, 5.74) is 2.78. The number of allylic oxidation sites excluding steroid dienone is 3. The van der Waals surface area contributed by atoms with Crippen LogP contribution in [0.15, 0.2) is 65.3 Å². The summed E-state index contributed by atoms with van der Waals surface area (Å²) in [5, 5.41) is 4.59. The third kappa shape index (κ3) is 3.62. The summed E-state index contributed by atoms with van der Waals surface area (Å²) in [4.78, 5) is 16.8. The minimum atomic E-state index is -0.678. The molecule has 1 aliphatic heterocycles. The standard InChI is InChI=1S/C22H16F2N2O/c23-19-7-6-16(20(24)11-19)12-26-22(27)18-9-17-8-14-4-2-1-3-5-15(14)10-21(17)25-13-18/h1-8,10-11,13H,9,12H2,(H,26,27). The lowest BCUT2D eigenvalue weighted by Gasteiger charge is -2.13. The van der Waals surface area contributed by atoms with Gasteiger partial charge in [-0.3, -0.25) is 9.79 Å². The fourth-order valence-electron chi connectivity index (χ4n) is 3.09. The van der Waals surface area contributed by atoms with Crippen LogP contribution in [0.3, 0.4) is 0 Å². The molecule has 0 atom stereocenters. The van der Waals surface area contributed by atoms with Gasteiger partial charge in [0.2, 0.25) is 5.91 Å². The number of hydrogen-bond acceptors (Lipinski definition) is 2. The number of carbonyl (C=O) groups is 1. The molecular weight excluding hydrogens is 346 g/mol. The van der Waals surface area contributed by atoms with E-state index >= 15 is 0 Å². The highest BCUT2D eigenvalue weighted by Gasteiger charge is 2.16. The van der Waals surface area contributed by atoms with Crippen molar-refractivity contribution < 1.29 is 13.6 Å². The van der Waals surface area contributed by atoms with Gasteiger partial charge in [0.15, 0.2) is 0 Å². The second kappa shape index (κ2) is 7.11. The molecule has 4 rings (SSSR count). The van der Waals surface area contributed by atoms with E-state index in [2.05, 4.69) is 10.3 Å². The van der Waals surface area contributed by atoms with Crippen LogP contribution in [0.4, 0.5) is 8.78 Å². The molecule has 1 aliphatic carbocycles. The third-order valence-electron chi connectivity index (χ3n) is 4.54. The second-order valence-corrected chi connectivity index (χ2v) is 6.40. The van der Waals surface area contributed by atoms with Crippen molar-refractivity contribution in [3.05, 3.63) is 99.2 Å². The largest absolute Gasteiger partial charge is 0.348 e. The van der Waals surface area contributed by atoms with Crippen LogP contribution < -0.4 is 15.9 Å². The maximum atomic E-state index is 13.7. The summed E-state index contributed by atoms with van der Waals surface area (Å²) in [5.74, 6) is -1.64. The Labute approximate surface area is 154 Å². The van der Waals surface area contributed by atoms with Crippen molar-refractivity contribution in [1.29, 1.82) is 0 Å². The highest BCUT2D eigenvalue weighted by Crippen LogP contribution is 2.12. The minimum absolute atomic E-state index is 0.0112. The monoisotopic (exact) mass is 362 g/mol. The molecule has 0 bridgehead atoms. The number of benzene rings is 2. The zero-order valence-corrected chi connectivity index (χ0v) is 14.4. The first-order valence-electron chi connectivity index (χ1n) is 8.57. The van der Waals surface area contributed by atoms with Crippen molar-refractivity contribution in [2.75, 3.05) is 0 Å². The Morgan fingerprint density at radius 1 is 1.11 bits per heavy atom. The van der Waals surface area contributed by atoms with Gasteiger partial charge in [-0.25, -0.2) is 8.78 Å². The van der Waals surface area contributed by atoms with Gasteiger partial charge in [-0.15, -0.1) is 0 Å². The first-order chi connectivity index (χ1) is 13.1. The van der Waals surface area contributed by atoms with Crippen molar-refractivity contribution in [2.45, 2.75) is 13.0 Å². The van der Waals surface area contributed by atoms with E-state index in [1.165, 1.54) is 12.1 Å². The fourth-order valence-corrected chi connectivity index (χ4v) is 3.09. The summed E-state index contributed by atoms with van der Waals surface area (Å²) in [6.07, 6.45) is 11.9. The van der Waals surface area contributed by atoms with Crippen LogP contribution in [0.1, 0.15) is 16.7 Å². The molecule has 134 valence electrons. The Balaban J connectivity index is 1.53. The van der Waals surface area contributed by atoms with Gasteiger partial charge in [0.25, 0.3) is 0 Å². The van der Waals surface area contributed by atoms with E-state index in [-0.39, 0.29) is 18.0 Å². The molecule has 0 unspecified atom stereocenters. The van der Waals surface area contributed by atoms with Crippen LogP contribution in [0.25, 0.3) is 12.2 Å². The maximum absolute atomic E-state index is 13.7. The molecule has 0 fully saturated rings. The number of rotatable bonds is 3. The van der Waals surface area contributed by atoms with Gasteiger partial charge in [0.1, 0.15) is 11.6 Å². The molecule has 5 heteroatoms. The van der Waals surface area contributed by atoms with E-state index in [9.17, 15) is 13.6 Å². The highest BCUT2D eigenvalue weighted by molar-refractivity contribution is 5.93. The van der Waals surface area contributed by atoms with Crippen LogP contribution in [0, 0.1) is 11.6 Å². The van der Waals surface area contributed by atoms with Gasteiger partial charge in [-0.2, -0.15) is 0 Å². The normalized spacial score (nSPS) is 14.2. The van der Waals surface area contributed by atoms with E-state index in [1.54, 1.807) is 6.20 Å². The Bertz CT molecular complexity index is 1140. The van der Waals surface area contributed by atoms with Gasteiger partial charge >= 0.3 is 0 Å². The number of fused-ring (bicyclic) bond motifs is 2. The summed E-state index contributed by atoms with van der Waals surface area (Å²) < 4.78 is 26.7. The number of hydrogen-bond donors (Lipinski definition) is 1. The number of carbonyl (C=O) groups excluding carboxylic acids is 1. The number of amides is 1. The lowest BCUT2D eigenvalue weighted by Crippen LogP contribution is -2.29. The SMILES string of the molecule is O=C(NCc1ccc(F)cc1F)C1=CN=c2cc3c(cc2C1)=CC=CC=C3. The predicted octanol–water partition coefficient (Wildman–Crippen LogP) is 2.70. The lowest BCUT2D eigenvalue weighted by atomic mass is 9.99. The Kier molecular flexibility index (Phi) is 4.50. The van der Waals surface area contributed by atoms with Crippen LogP contribution in [-0.2, 0) is 17.8 Å². The molecule has 2 aliphatic rings. The van der Waals surface area contributed by atoms with Gasteiger partial charge in [0, 0.05) is 36.4 Å². The average Bonchev–Trinajstić information content (AvgIpc) is 2.89. The van der Waals surface area contributed by atoms with Crippen molar-refractivity contribution in [3.63, 3.8) is 0 Å². The van der Waals surface area contributed by atoms with Crippen molar-refractivity contribution in [1.82, 2.24) is 5.32 Å². The third-order valence-corrected chi connectivity index (χ3v) is 4.54. The van der Waals surface area contributed by atoms with Crippen LogP contribution in [0.5, 0.6) is 0 Å². The van der Waals surface area contributed by atoms with E-state index in [1.807, 2.05) is 42.5 Å². The number of nitrogens with one attached hydrogen (secondary N) is 1. The van der Waals surface area contributed by atoms with Crippen LogP contribution in [0.2, 0.25) is 0 Å². The maximum Gasteiger partial charge on any atom is 0.249 e. The number of halogens is 2. The fraction of sp³-hybridized carbons (Fsp3) is 0.0909. The van der Waals surface area contributed by atoms with Gasteiger partial charge in [-0.1, -0.05) is 36.4 Å². The molecule has 3 nitrogen and oxygen atoms in total. The van der Waals surface area contributed by atoms with Gasteiger partial charge in [-0.05, 0) is 34.5 Å². The number of nitrogens with zero attached hydrogens (tertiary/aromatic N) is 1. The minimum Gasteiger partial charge on any atom is -0.348 e. The zero-order valence-electron chi connectivity index (χ0n) is 14.4. The van der Waals surface area contributed by atoms with Crippen molar-refractivity contribution >= 4 is 18.1 Å². The highest BCUT2D eigenvalue weighted by atomic mass is 19.1. The quantitative estimate of drug-likeness (QED) is 0.896. The predicted molar refractivity (Wildman–Crippen MR) is 99.9 cm³/mol. The molecule has 2 aromatic rings. The van der Waals surface area contributed by atoms with Gasteiger partial charge < -0.3 is 5.32 Å². The van der Waals surface area contributed by atoms with E-state index in [4.69, 9.17) is 0 Å². The van der Waals surface area contributed by atoms with Crippen molar-refractivity contribution in [3.8, 4) is 0 Å². The average molecular weight is 362 g/mol. The Morgan fingerprint density at radius 3 is 2.85 bits per heavy atom. The molecule has 1 heterocycles. The lowest BCUT2D eigenvalue weighted by molar-refractivity contribution is -0.117. The molecule has 0 saturated carbocycles. The van der Waals surface area contributed by atoms with E-state index in [0.717, 1.165) is 27.8 Å². The molecule has 27 heavy (non-hydrogen) atoms. The first kappa shape index (κ1) is 17.1. The summed E-state index contributed by atoms with van der Waals surface area (Å²) in [6, 6.07) is 7.34. The first-order valence-corrected chi connectivity index (χ1v) is 8.57. The van der Waals surface area contributed by atoms with Crippen LogP contribution in [-0.4, -0.2) is 5.91 Å². The van der Waals surface area contributed by atoms with E-state index in [0.29, 0.717) is 12.0 Å². The second-order valence-electron chi connectivity index (χ2n) is 6.40. The summed E-state index contributed by atoms with van der Waals surface area (Å²) in [7, 11) is 0. The summed E-state index contributed by atoms with van der Waals surface area (Å²) >= 11 is 0. The molecular formula is C22H16F2N2O.